The first-order valence-electron chi connectivity index (χ1n) is 9.69. The lowest BCUT2D eigenvalue weighted by Crippen LogP contribution is -2.45. The van der Waals surface area contributed by atoms with Crippen LogP contribution in [0.15, 0.2) is 36.4 Å². The Labute approximate surface area is 178 Å². The zero-order valence-electron chi connectivity index (χ0n) is 16.4. The first kappa shape index (κ1) is 22.1. The second-order valence-electron chi connectivity index (χ2n) is 7.72. The molecule has 170 valence electrons. The third kappa shape index (κ3) is 4.29. The van der Waals surface area contributed by atoms with Crippen LogP contribution in [0.2, 0.25) is 0 Å². The number of halogens is 6. The van der Waals surface area contributed by atoms with Crippen LogP contribution in [-0.4, -0.2) is 35.7 Å². The number of likely N-dealkylation sites (tertiary alicyclic amines) is 1. The number of carbonyl (C=O) groups is 2. The van der Waals surface area contributed by atoms with E-state index >= 15 is 0 Å². The van der Waals surface area contributed by atoms with Crippen LogP contribution < -0.4 is 10.6 Å². The van der Waals surface area contributed by atoms with Gasteiger partial charge in [-0.25, -0.2) is 13.2 Å². The van der Waals surface area contributed by atoms with Gasteiger partial charge in [0.05, 0.1) is 5.56 Å². The average molecular weight is 457 g/mol. The summed E-state index contributed by atoms with van der Waals surface area (Å²) in [7, 11) is 0. The van der Waals surface area contributed by atoms with Crippen molar-refractivity contribution in [1.82, 2.24) is 10.2 Å². The SMILES string of the molecule is O=C(Nc1cccc2c1C(N1CCC(F)(F)CC1)NC2=O)c1cc(F)cc(C(F)(F)F)c1. The summed E-state index contributed by atoms with van der Waals surface area (Å²) in [6.45, 7) is -0.00296. The van der Waals surface area contributed by atoms with E-state index in [0.717, 1.165) is 0 Å². The van der Waals surface area contributed by atoms with Crippen molar-refractivity contribution in [2.45, 2.75) is 31.1 Å². The number of nitrogens with zero attached hydrogens (tertiary/aromatic N) is 1. The minimum Gasteiger partial charge on any atom is -0.332 e. The molecular weight excluding hydrogens is 440 g/mol. The van der Waals surface area contributed by atoms with E-state index in [4.69, 9.17) is 0 Å². The fourth-order valence-corrected chi connectivity index (χ4v) is 3.90. The number of nitrogens with one attached hydrogen (secondary N) is 2. The summed E-state index contributed by atoms with van der Waals surface area (Å²) >= 11 is 0. The van der Waals surface area contributed by atoms with Crippen LogP contribution in [0.25, 0.3) is 0 Å². The molecule has 0 aliphatic carbocycles. The first-order chi connectivity index (χ1) is 14.9. The van der Waals surface area contributed by atoms with Crippen molar-refractivity contribution < 1.29 is 35.9 Å². The highest BCUT2D eigenvalue weighted by Gasteiger charge is 2.41. The molecule has 2 aromatic rings. The Kier molecular flexibility index (Phi) is 5.40. The molecule has 0 radical (unpaired) electrons. The zero-order valence-corrected chi connectivity index (χ0v) is 16.4. The minimum absolute atomic E-state index is 0.00148. The molecule has 1 fully saturated rings. The van der Waals surface area contributed by atoms with Crippen molar-refractivity contribution in [1.29, 1.82) is 0 Å². The molecule has 1 saturated heterocycles. The topological polar surface area (TPSA) is 61.4 Å². The molecule has 32 heavy (non-hydrogen) atoms. The molecule has 2 aliphatic rings. The molecule has 2 aromatic carbocycles. The molecule has 5 nitrogen and oxygen atoms in total. The number of piperidine rings is 1. The number of fused-ring (bicyclic) bond motifs is 1. The molecule has 2 aliphatic heterocycles. The van der Waals surface area contributed by atoms with Crippen LogP contribution in [0.3, 0.4) is 0 Å². The van der Waals surface area contributed by atoms with E-state index in [1.807, 2.05) is 0 Å². The van der Waals surface area contributed by atoms with Crippen molar-refractivity contribution in [3.63, 3.8) is 0 Å². The Balaban J connectivity index is 1.64. The Morgan fingerprint density at radius 1 is 1.12 bits per heavy atom. The van der Waals surface area contributed by atoms with Gasteiger partial charge in [0.15, 0.2) is 0 Å². The number of benzene rings is 2. The predicted molar refractivity (Wildman–Crippen MR) is 102 cm³/mol. The van der Waals surface area contributed by atoms with Gasteiger partial charge in [-0.2, -0.15) is 13.2 Å². The summed E-state index contributed by atoms with van der Waals surface area (Å²) in [5.41, 5.74) is -1.22. The highest BCUT2D eigenvalue weighted by atomic mass is 19.4. The third-order valence-corrected chi connectivity index (χ3v) is 5.52. The fourth-order valence-electron chi connectivity index (χ4n) is 3.90. The fraction of sp³-hybridized carbons (Fsp3) is 0.333. The van der Waals surface area contributed by atoms with E-state index in [1.54, 1.807) is 4.90 Å². The molecule has 1 atom stereocenters. The van der Waals surface area contributed by atoms with E-state index in [1.165, 1.54) is 18.2 Å². The van der Waals surface area contributed by atoms with Crippen molar-refractivity contribution >= 4 is 17.5 Å². The van der Waals surface area contributed by atoms with Crippen molar-refractivity contribution in [2.75, 3.05) is 18.4 Å². The van der Waals surface area contributed by atoms with Crippen LogP contribution in [0.4, 0.5) is 32.0 Å². The average Bonchev–Trinajstić information content (AvgIpc) is 3.04. The summed E-state index contributed by atoms with van der Waals surface area (Å²) in [4.78, 5) is 26.7. The van der Waals surface area contributed by atoms with Gasteiger partial charge in [0.25, 0.3) is 17.7 Å². The van der Waals surface area contributed by atoms with Gasteiger partial charge in [-0.05, 0) is 30.3 Å². The molecule has 4 rings (SSSR count). The molecular formula is C21H17F6N3O2. The predicted octanol–water partition coefficient (Wildman–Crippen LogP) is 4.57. The maximum Gasteiger partial charge on any atom is 0.416 e. The second-order valence-corrected chi connectivity index (χ2v) is 7.72. The Bertz CT molecular complexity index is 1080. The quantitative estimate of drug-likeness (QED) is 0.664. The lowest BCUT2D eigenvalue weighted by molar-refractivity contribution is -0.137. The highest BCUT2D eigenvalue weighted by Crippen LogP contribution is 2.38. The number of carbonyl (C=O) groups excluding carboxylic acids is 2. The van der Waals surface area contributed by atoms with Crippen LogP contribution in [0, 0.1) is 5.82 Å². The van der Waals surface area contributed by atoms with E-state index in [0.29, 0.717) is 17.7 Å². The van der Waals surface area contributed by atoms with Gasteiger partial charge in [0.1, 0.15) is 12.0 Å². The molecule has 0 aromatic heterocycles. The van der Waals surface area contributed by atoms with Gasteiger partial charge in [-0.1, -0.05) is 6.07 Å². The monoisotopic (exact) mass is 457 g/mol. The summed E-state index contributed by atoms with van der Waals surface area (Å²) in [5, 5.41) is 5.12. The Hall–Kier alpha value is -3.08. The molecule has 0 bridgehead atoms. The molecule has 0 saturated carbocycles. The molecule has 1 unspecified atom stereocenters. The number of amides is 2. The minimum atomic E-state index is -4.84. The lowest BCUT2D eigenvalue weighted by Gasteiger charge is -2.36. The molecule has 11 heteroatoms. The van der Waals surface area contributed by atoms with Crippen LogP contribution >= 0.6 is 0 Å². The molecule has 2 heterocycles. The molecule has 0 spiro atoms. The largest absolute Gasteiger partial charge is 0.416 e. The number of rotatable bonds is 3. The number of anilines is 1. The molecule has 2 amide bonds. The third-order valence-electron chi connectivity index (χ3n) is 5.52. The Morgan fingerprint density at radius 2 is 1.81 bits per heavy atom. The summed E-state index contributed by atoms with van der Waals surface area (Å²) in [6.07, 6.45) is -6.43. The van der Waals surface area contributed by atoms with Crippen LogP contribution in [0.5, 0.6) is 0 Å². The normalized spacial score (nSPS) is 20.6. The molecule has 2 N–H and O–H groups in total. The zero-order chi connectivity index (χ0) is 23.3. The van der Waals surface area contributed by atoms with Crippen molar-refractivity contribution in [2.24, 2.45) is 0 Å². The van der Waals surface area contributed by atoms with Gasteiger partial charge in [-0.15, -0.1) is 0 Å². The first-order valence-corrected chi connectivity index (χ1v) is 9.69. The van der Waals surface area contributed by atoms with E-state index in [9.17, 15) is 35.9 Å². The summed E-state index contributed by atoms with van der Waals surface area (Å²) in [5.74, 6) is -5.51. The maximum absolute atomic E-state index is 13.7. The van der Waals surface area contributed by atoms with E-state index < -0.39 is 59.9 Å². The summed E-state index contributed by atoms with van der Waals surface area (Å²) < 4.78 is 79.7. The lowest BCUT2D eigenvalue weighted by atomic mass is 10.0. The van der Waals surface area contributed by atoms with Crippen LogP contribution in [-0.2, 0) is 6.18 Å². The van der Waals surface area contributed by atoms with Gasteiger partial charge >= 0.3 is 6.18 Å². The Morgan fingerprint density at radius 3 is 2.47 bits per heavy atom. The second kappa shape index (κ2) is 7.80. The van der Waals surface area contributed by atoms with Gasteiger partial charge in [0.2, 0.25) is 0 Å². The number of alkyl halides is 5. The maximum atomic E-state index is 13.7. The number of hydrogen-bond donors (Lipinski definition) is 2. The van der Waals surface area contributed by atoms with Crippen molar-refractivity contribution in [3.05, 3.63) is 64.5 Å². The van der Waals surface area contributed by atoms with E-state index in [-0.39, 0.29) is 30.4 Å². The van der Waals surface area contributed by atoms with Crippen LogP contribution in [0.1, 0.15) is 50.9 Å². The van der Waals surface area contributed by atoms with E-state index in [2.05, 4.69) is 10.6 Å². The van der Waals surface area contributed by atoms with Gasteiger partial charge in [-0.3, -0.25) is 14.5 Å². The highest BCUT2D eigenvalue weighted by molar-refractivity contribution is 6.07. The summed E-state index contributed by atoms with van der Waals surface area (Å²) in [6, 6.07) is 5.86. The standard InChI is InChI=1S/C21H17F6N3O2/c22-13-9-11(8-12(10-13)21(25,26)27)18(31)28-15-3-1-2-14-16(15)17(29-19(14)32)30-6-4-20(23,24)5-7-30/h1-3,8-10,17H,4-7H2,(H,28,31)(H,29,32). The smallest absolute Gasteiger partial charge is 0.332 e. The van der Waals surface area contributed by atoms with Crippen molar-refractivity contribution in [3.8, 4) is 0 Å². The number of hydrogen-bond acceptors (Lipinski definition) is 3. The van der Waals surface area contributed by atoms with Gasteiger partial charge < -0.3 is 10.6 Å². The van der Waals surface area contributed by atoms with Gasteiger partial charge in [0, 0.05) is 48.3 Å².